The normalized spacial score (nSPS) is 10.3. The average Bonchev–Trinajstić information content (AvgIpc) is 2.82. The van der Waals surface area contributed by atoms with E-state index in [1.807, 2.05) is 32.9 Å². The summed E-state index contributed by atoms with van der Waals surface area (Å²) in [6.45, 7) is 6.54. The highest BCUT2D eigenvalue weighted by atomic mass is 32.1. The first kappa shape index (κ1) is 14.5. The highest BCUT2D eigenvalue weighted by Crippen LogP contribution is 2.24. The zero-order valence-corrected chi connectivity index (χ0v) is 12.8. The largest absolute Gasteiger partial charge is 0.493 e. The highest BCUT2D eigenvalue weighted by molar-refractivity contribution is 7.11. The molecule has 1 heterocycles. The van der Waals surface area contributed by atoms with Crippen LogP contribution in [0.5, 0.6) is 5.75 Å². The number of aromatic nitrogens is 2. The maximum atomic E-state index is 8.92. The monoisotopic (exact) mass is 287 g/mol. The summed E-state index contributed by atoms with van der Waals surface area (Å²) in [6, 6.07) is 5.87. The van der Waals surface area contributed by atoms with E-state index in [-0.39, 0.29) is 0 Å². The molecule has 0 aliphatic carbocycles. The number of hydrogen-bond acceptors (Lipinski definition) is 5. The third-order valence-corrected chi connectivity index (χ3v) is 3.84. The highest BCUT2D eigenvalue weighted by Gasteiger charge is 2.07. The van der Waals surface area contributed by atoms with Gasteiger partial charge in [0.15, 0.2) is 0 Å². The lowest BCUT2D eigenvalue weighted by atomic mass is 10.1. The van der Waals surface area contributed by atoms with Crippen LogP contribution in [0.1, 0.15) is 33.1 Å². The summed E-state index contributed by atoms with van der Waals surface area (Å²) < 4.78 is 5.84. The molecule has 104 valence electrons. The molecule has 0 N–H and O–H groups in total. The van der Waals surface area contributed by atoms with Gasteiger partial charge in [0, 0.05) is 6.42 Å². The summed E-state index contributed by atoms with van der Waals surface area (Å²) in [7, 11) is 0. The molecule has 0 fully saturated rings. The second kappa shape index (κ2) is 6.49. The minimum absolute atomic E-state index is 0.645. The van der Waals surface area contributed by atoms with Crippen molar-refractivity contribution in [1.82, 2.24) is 10.2 Å². The van der Waals surface area contributed by atoms with Gasteiger partial charge in [-0.25, -0.2) is 0 Å². The molecule has 0 aliphatic rings. The Balaban J connectivity index is 1.90. The molecule has 0 atom stereocenters. The fourth-order valence-electron chi connectivity index (χ4n) is 2.08. The van der Waals surface area contributed by atoms with Crippen molar-refractivity contribution in [2.45, 2.75) is 33.6 Å². The van der Waals surface area contributed by atoms with Crippen LogP contribution < -0.4 is 4.74 Å². The second-order valence-corrected chi connectivity index (χ2v) is 5.98. The molecule has 2 aromatic rings. The molecule has 0 saturated carbocycles. The van der Waals surface area contributed by atoms with Gasteiger partial charge in [-0.1, -0.05) is 0 Å². The Morgan fingerprint density at radius 1 is 1.20 bits per heavy atom. The van der Waals surface area contributed by atoms with Crippen molar-refractivity contribution in [3.8, 4) is 11.8 Å². The van der Waals surface area contributed by atoms with Crippen molar-refractivity contribution in [2.75, 3.05) is 6.61 Å². The van der Waals surface area contributed by atoms with Crippen LogP contribution in [-0.2, 0) is 6.42 Å². The quantitative estimate of drug-likeness (QED) is 0.791. The van der Waals surface area contributed by atoms with Gasteiger partial charge in [0.1, 0.15) is 15.8 Å². The molecule has 0 amide bonds. The van der Waals surface area contributed by atoms with Gasteiger partial charge in [-0.15, -0.1) is 21.5 Å². The van der Waals surface area contributed by atoms with Crippen molar-refractivity contribution in [3.05, 3.63) is 38.8 Å². The molecule has 20 heavy (non-hydrogen) atoms. The van der Waals surface area contributed by atoms with Crippen molar-refractivity contribution >= 4 is 11.3 Å². The molecular formula is C15H17N3OS. The minimum Gasteiger partial charge on any atom is -0.493 e. The minimum atomic E-state index is 0.645. The van der Waals surface area contributed by atoms with E-state index in [0.717, 1.165) is 39.7 Å². The van der Waals surface area contributed by atoms with E-state index in [2.05, 4.69) is 16.3 Å². The number of benzene rings is 1. The van der Waals surface area contributed by atoms with Crippen LogP contribution in [-0.4, -0.2) is 16.8 Å². The van der Waals surface area contributed by atoms with Gasteiger partial charge < -0.3 is 4.74 Å². The standard InChI is InChI=1S/C15H17N3OS/c1-10-7-13(9-16)8-11(2)15(10)19-6-4-5-14-18-17-12(3)20-14/h7-8H,4-6H2,1-3H3. The molecule has 0 aliphatic heterocycles. The van der Waals surface area contributed by atoms with Crippen LogP contribution in [0.25, 0.3) is 0 Å². The molecule has 5 heteroatoms. The van der Waals surface area contributed by atoms with Crippen molar-refractivity contribution in [2.24, 2.45) is 0 Å². The molecule has 1 aromatic heterocycles. The smallest absolute Gasteiger partial charge is 0.125 e. The predicted molar refractivity (Wildman–Crippen MR) is 79.1 cm³/mol. The Kier molecular flexibility index (Phi) is 4.70. The first-order valence-electron chi connectivity index (χ1n) is 6.53. The fraction of sp³-hybridized carbons (Fsp3) is 0.400. The number of hydrogen-bond donors (Lipinski definition) is 0. The molecule has 2 rings (SSSR count). The van der Waals surface area contributed by atoms with E-state index in [1.165, 1.54) is 0 Å². The lowest BCUT2D eigenvalue weighted by molar-refractivity contribution is 0.307. The predicted octanol–water partition coefficient (Wildman–Crippen LogP) is 3.35. The van der Waals surface area contributed by atoms with Crippen LogP contribution >= 0.6 is 11.3 Å². The number of ether oxygens (including phenoxy) is 1. The summed E-state index contributed by atoms with van der Waals surface area (Å²) >= 11 is 1.63. The third kappa shape index (κ3) is 3.55. The van der Waals surface area contributed by atoms with Crippen LogP contribution in [0.3, 0.4) is 0 Å². The Labute approximate surface area is 123 Å². The Hall–Kier alpha value is -1.93. The maximum absolute atomic E-state index is 8.92. The molecular weight excluding hydrogens is 270 g/mol. The van der Waals surface area contributed by atoms with E-state index >= 15 is 0 Å². The summed E-state index contributed by atoms with van der Waals surface area (Å²) in [5.74, 6) is 0.887. The summed E-state index contributed by atoms with van der Waals surface area (Å²) in [6.07, 6.45) is 1.80. The van der Waals surface area contributed by atoms with Gasteiger partial charge in [0.25, 0.3) is 0 Å². The molecule has 0 bridgehead atoms. The molecule has 0 unspecified atom stereocenters. The van der Waals surface area contributed by atoms with E-state index in [9.17, 15) is 0 Å². The third-order valence-electron chi connectivity index (χ3n) is 2.94. The van der Waals surface area contributed by atoms with Gasteiger partial charge in [0.05, 0.1) is 18.2 Å². The molecule has 4 nitrogen and oxygen atoms in total. The van der Waals surface area contributed by atoms with Gasteiger partial charge >= 0.3 is 0 Å². The molecule has 0 radical (unpaired) electrons. The maximum Gasteiger partial charge on any atom is 0.125 e. The SMILES string of the molecule is Cc1nnc(CCCOc2c(C)cc(C#N)cc2C)s1. The van der Waals surface area contributed by atoms with E-state index in [0.29, 0.717) is 12.2 Å². The second-order valence-electron chi connectivity index (χ2n) is 4.72. The van der Waals surface area contributed by atoms with Gasteiger partial charge in [-0.3, -0.25) is 0 Å². The molecule has 0 spiro atoms. The van der Waals surface area contributed by atoms with Gasteiger partial charge in [0.2, 0.25) is 0 Å². The van der Waals surface area contributed by atoms with Gasteiger partial charge in [-0.2, -0.15) is 5.26 Å². The van der Waals surface area contributed by atoms with Gasteiger partial charge in [-0.05, 0) is 50.5 Å². The lowest BCUT2D eigenvalue weighted by Crippen LogP contribution is -2.02. The van der Waals surface area contributed by atoms with Crippen LogP contribution in [0.15, 0.2) is 12.1 Å². The number of rotatable bonds is 5. The lowest BCUT2D eigenvalue weighted by Gasteiger charge is -2.12. The number of aryl methyl sites for hydroxylation is 4. The summed E-state index contributed by atoms with van der Waals surface area (Å²) in [5.41, 5.74) is 2.69. The number of nitrogens with zero attached hydrogens (tertiary/aromatic N) is 3. The van der Waals surface area contributed by atoms with Crippen molar-refractivity contribution < 1.29 is 4.74 Å². The molecule has 1 aromatic carbocycles. The molecule has 0 saturated heterocycles. The zero-order valence-electron chi connectivity index (χ0n) is 11.9. The fourth-order valence-corrected chi connectivity index (χ4v) is 2.83. The van der Waals surface area contributed by atoms with Crippen LogP contribution in [0.4, 0.5) is 0 Å². The summed E-state index contributed by atoms with van der Waals surface area (Å²) in [5, 5.41) is 19.1. The Morgan fingerprint density at radius 2 is 1.90 bits per heavy atom. The van der Waals surface area contributed by atoms with E-state index in [4.69, 9.17) is 10.00 Å². The topological polar surface area (TPSA) is 58.8 Å². The number of nitriles is 1. The zero-order chi connectivity index (χ0) is 14.5. The Bertz CT molecular complexity index is 620. The average molecular weight is 287 g/mol. The summed E-state index contributed by atoms with van der Waals surface area (Å²) in [4.78, 5) is 0. The first-order valence-corrected chi connectivity index (χ1v) is 7.35. The van der Waals surface area contributed by atoms with E-state index in [1.54, 1.807) is 11.3 Å². The Morgan fingerprint density at radius 3 is 2.45 bits per heavy atom. The van der Waals surface area contributed by atoms with Crippen molar-refractivity contribution in [3.63, 3.8) is 0 Å². The van der Waals surface area contributed by atoms with Crippen molar-refractivity contribution in [1.29, 1.82) is 5.26 Å². The van der Waals surface area contributed by atoms with Crippen LogP contribution in [0, 0.1) is 32.1 Å². The van der Waals surface area contributed by atoms with E-state index < -0.39 is 0 Å². The first-order chi connectivity index (χ1) is 9.60. The van der Waals surface area contributed by atoms with Crippen LogP contribution in [0.2, 0.25) is 0 Å².